The first-order valence-electron chi connectivity index (χ1n) is 5.34. The Kier molecular flexibility index (Phi) is 5.80. The van der Waals surface area contributed by atoms with Crippen molar-refractivity contribution in [3.05, 3.63) is 53.6 Å². The Bertz CT molecular complexity index is 509. The number of nitrogen functional groups attached to an aromatic ring is 1. The maximum absolute atomic E-state index is 6.01. The second-order valence-corrected chi connectivity index (χ2v) is 4.42. The highest BCUT2D eigenvalue weighted by molar-refractivity contribution is 6.17. The molecule has 2 aromatic carbocycles. The van der Waals surface area contributed by atoms with Gasteiger partial charge in [0.1, 0.15) is 0 Å². The van der Waals surface area contributed by atoms with Crippen LogP contribution in [0.3, 0.4) is 0 Å². The highest BCUT2D eigenvalue weighted by Crippen LogP contribution is 2.27. The van der Waals surface area contributed by atoms with Gasteiger partial charge in [-0.1, -0.05) is 36.4 Å². The molecular weight excluding hydrogens is 289 g/mol. The summed E-state index contributed by atoms with van der Waals surface area (Å²) in [7, 11) is 0. The fourth-order valence-corrected chi connectivity index (χ4v) is 2.08. The molecule has 0 aliphatic rings. The molecule has 0 heterocycles. The van der Waals surface area contributed by atoms with Crippen molar-refractivity contribution >= 4 is 41.3 Å². The van der Waals surface area contributed by atoms with Crippen LogP contribution in [0.15, 0.2) is 42.5 Å². The van der Waals surface area contributed by atoms with E-state index in [4.69, 9.17) is 28.9 Å². The van der Waals surface area contributed by atoms with Crippen LogP contribution in [0.5, 0.6) is 0 Å². The lowest BCUT2D eigenvalue weighted by Gasteiger charge is -2.08. The van der Waals surface area contributed by atoms with Gasteiger partial charge < -0.3 is 5.73 Å². The van der Waals surface area contributed by atoms with Crippen molar-refractivity contribution in [3.63, 3.8) is 0 Å². The van der Waals surface area contributed by atoms with E-state index in [0.29, 0.717) is 11.8 Å². The number of benzene rings is 2. The monoisotopic (exact) mass is 301 g/mol. The van der Waals surface area contributed by atoms with Gasteiger partial charge in [0.15, 0.2) is 0 Å². The average molecular weight is 303 g/mol. The lowest BCUT2D eigenvalue weighted by molar-refractivity contribution is 1.39. The molecule has 0 amide bonds. The van der Waals surface area contributed by atoms with Gasteiger partial charge in [0.25, 0.3) is 0 Å². The fourth-order valence-electron chi connectivity index (χ4n) is 1.73. The van der Waals surface area contributed by atoms with Gasteiger partial charge in [-0.2, -0.15) is 0 Å². The fraction of sp³-hybridized carbons (Fsp3) is 0.143. The molecule has 18 heavy (non-hydrogen) atoms. The Hall–Kier alpha value is -0.890. The zero-order valence-corrected chi connectivity index (χ0v) is 12.0. The predicted octanol–water partition coefficient (Wildman–Crippen LogP) is 4.84. The van der Waals surface area contributed by atoms with Crippen LogP contribution in [0.4, 0.5) is 5.69 Å². The number of anilines is 1. The van der Waals surface area contributed by atoms with Crippen molar-refractivity contribution in [1.29, 1.82) is 0 Å². The van der Waals surface area contributed by atoms with Gasteiger partial charge in [0.05, 0.1) is 0 Å². The lowest BCUT2D eigenvalue weighted by atomic mass is 10.0. The number of hydrogen-bond donors (Lipinski definition) is 1. The Balaban J connectivity index is 0.00000162. The third kappa shape index (κ3) is 3.32. The van der Waals surface area contributed by atoms with Crippen LogP contribution in [-0.4, -0.2) is 0 Å². The maximum Gasteiger partial charge on any atom is 0.0474 e. The molecule has 0 spiro atoms. The molecule has 96 valence electrons. The topological polar surface area (TPSA) is 26.0 Å². The molecule has 0 saturated carbocycles. The van der Waals surface area contributed by atoms with E-state index >= 15 is 0 Å². The first kappa shape index (κ1) is 15.2. The molecule has 0 bridgehead atoms. The summed E-state index contributed by atoms with van der Waals surface area (Å²) in [5.41, 5.74) is 11.0. The summed E-state index contributed by atoms with van der Waals surface area (Å²) in [6, 6.07) is 14.0. The number of alkyl halides is 2. The molecule has 0 radical (unpaired) electrons. The van der Waals surface area contributed by atoms with E-state index in [2.05, 4.69) is 0 Å². The van der Waals surface area contributed by atoms with Gasteiger partial charge in [0, 0.05) is 23.0 Å². The molecule has 0 aliphatic carbocycles. The van der Waals surface area contributed by atoms with Gasteiger partial charge in [-0.15, -0.1) is 35.6 Å². The van der Waals surface area contributed by atoms with Crippen LogP contribution in [0, 0.1) is 0 Å². The summed E-state index contributed by atoms with van der Waals surface area (Å²) in [4.78, 5) is 0. The third-order valence-corrected chi connectivity index (χ3v) is 3.31. The van der Waals surface area contributed by atoms with Crippen LogP contribution < -0.4 is 5.73 Å². The molecule has 0 atom stereocenters. The van der Waals surface area contributed by atoms with Gasteiger partial charge in [-0.3, -0.25) is 0 Å². The van der Waals surface area contributed by atoms with Crippen molar-refractivity contribution in [3.8, 4) is 11.1 Å². The molecule has 4 heteroatoms. The van der Waals surface area contributed by atoms with Crippen LogP contribution in [0.1, 0.15) is 11.1 Å². The minimum atomic E-state index is 0. The summed E-state index contributed by atoms with van der Waals surface area (Å²) >= 11 is 11.5. The highest BCUT2D eigenvalue weighted by Gasteiger charge is 2.03. The summed E-state index contributed by atoms with van der Waals surface area (Å²) < 4.78 is 0. The summed E-state index contributed by atoms with van der Waals surface area (Å²) in [5, 5.41) is 0. The lowest BCUT2D eigenvalue weighted by Crippen LogP contribution is -1.92. The van der Waals surface area contributed by atoms with E-state index in [1.54, 1.807) is 0 Å². The highest BCUT2D eigenvalue weighted by atomic mass is 35.5. The quantitative estimate of drug-likeness (QED) is 0.637. The molecule has 2 aromatic rings. The van der Waals surface area contributed by atoms with Crippen molar-refractivity contribution < 1.29 is 0 Å². The standard InChI is InChI=1S/C14H13Cl2N.ClH/c15-8-10-1-4-12(5-2-10)13-6-3-11(9-16)7-14(13)17;/h1-7H,8-9,17H2;1H. The second kappa shape index (κ2) is 6.89. The van der Waals surface area contributed by atoms with Crippen LogP contribution >= 0.6 is 35.6 Å². The van der Waals surface area contributed by atoms with Crippen LogP contribution in [-0.2, 0) is 11.8 Å². The number of rotatable bonds is 3. The minimum absolute atomic E-state index is 0. The van der Waals surface area contributed by atoms with Crippen molar-refractivity contribution in [2.75, 3.05) is 5.73 Å². The van der Waals surface area contributed by atoms with Gasteiger partial charge in [-0.05, 0) is 22.8 Å². The van der Waals surface area contributed by atoms with Crippen LogP contribution in [0.25, 0.3) is 11.1 Å². The zero-order valence-electron chi connectivity index (χ0n) is 9.70. The van der Waals surface area contributed by atoms with Crippen LogP contribution in [0.2, 0.25) is 0 Å². The maximum atomic E-state index is 6.01. The Morgan fingerprint density at radius 2 is 1.39 bits per heavy atom. The SMILES string of the molecule is Cl.Nc1cc(CCl)ccc1-c1ccc(CCl)cc1. The molecule has 2 rings (SSSR count). The summed E-state index contributed by atoms with van der Waals surface area (Å²) in [5.74, 6) is 1.01. The van der Waals surface area contributed by atoms with Crippen molar-refractivity contribution in [2.24, 2.45) is 0 Å². The van der Waals surface area contributed by atoms with Crippen molar-refractivity contribution in [2.45, 2.75) is 11.8 Å². The molecule has 1 nitrogen and oxygen atoms in total. The minimum Gasteiger partial charge on any atom is -0.398 e. The molecule has 0 saturated heterocycles. The van der Waals surface area contributed by atoms with E-state index in [9.17, 15) is 0 Å². The Labute approximate surface area is 123 Å². The van der Waals surface area contributed by atoms with E-state index in [1.807, 2.05) is 42.5 Å². The van der Waals surface area contributed by atoms with E-state index in [0.717, 1.165) is 27.9 Å². The van der Waals surface area contributed by atoms with Gasteiger partial charge in [-0.25, -0.2) is 0 Å². The molecular formula is C14H14Cl3N. The molecule has 0 unspecified atom stereocenters. The Morgan fingerprint density at radius 1 is 0.833 bits per heavy atom. The first-order chi connectivity index (χ1) is 8.24. The predicted molar refractivity (Wildman–Crippen MR) is 82.7 cm³/mol. The average Bonchev–Trinajstić information content (AvgIpc) is 2.39. The molecule has 0 aromatic heterocycles. The number of halogens is 3. The first-order valence-corrected chi connectivity index (χ1v) is 6.41. The molecule has 0 fully saturated rings. The summed E-state index contributed by atoms with van der Waals surface area (Å²) in [6.45, 7) is 0. The third-order valence-electron chi connectivity index (χ3n) is 2.69. The molecule has 2 N–H and O–H groups in total. The van der Waals surface area contributed by atoms with E-state index < -0.39 is 0 Å². The molecule has 0 aliphatic heterocycles. The number of hydrogen-bond acceptors (Lipinski definition) is 1. The van der Waals surface area contributed by atoms with Gasteiger partial charge >= 0.3 is 0 Å². The van der Waals surface area contributed by atoms with E-state index in [-0.39, 0.29) is 12.4 Å². The zero-order chi connectivity index (χ0) is 12.3. The van der Waals surface area contributed by atoms with Gasteiger partial charge in [0.2, 0.25) is 0 Å². The number of nitrogens with two attached hydrogens (primary N) is 1. The summed E-state index contributed by atoms with van der Waals surface area (Å²) in [6.07, 6.45) is 0. The Morgan fingerprint density at radius 3 is 1.89 bits per heavy atom. The largest absolute Gasteiger partial charge is 0.398 e. The van der Waals surface area contributed by atoms with E-state index in [1.165, 1.54) is 0 Å². The second-order valence-electron chi connectivity index (χ2n) is 3.89. The smallest absolute Gasteiger partial charge is 0.0474 e. The normalized spacial score (nSPS) is 9.89. The van der Waals surface area contributed by atoms with Crippen molar-refractivity contribution in [1.82, 2.24) is 0 Å².